The third-order valence-corrected chi connectivity index (χ3v) is 5.41. The minimum atomic E-state index is -0.00835. The standard InChI is InChI=1S/C15H16BrN3OS/c1-10-2-3-11-6-19(7-13(11)14(10)16)15(20)17-5-4-12-8-21-9-18-12/h2-3,8-9H,4-7H2,1H3,(H,17,20). The maximum Gasteiger partial charge on any atom is 0.318 e. The van der Waals surface area contributed by atoms with Crippen molar-refractivity contribution in [3.8, 4) is 0 Å². The summed E-state index contributed by atoms with van der Waals surface area (Å²) in [5, 5.41) is 4.98. The highest BCUT2D eigenvalue weighted by Crippen LogP contribution is 2.31. The monoisotopic (exact) mass is 365 g/mol. The second kappa shape index (κ2) is 6.15. The van der Waals surface area contributed by atoms with Crippen molar-refractivity contribution in [1.29, 1.82) is 0 Å². The van der Waals surface area contributed by atoms with Gasteiger partial charge in [-0.3, -0.25) is 0 Å². The fraction of sp³-hybridized carbons (Fsp3) is 0.333. The smallest absolute Gasteiger partial charge is 0.318 e. The zero-order chi connectivity index (χ0) is 14.8. The quantitative estimate of drug-likeness (QED) is 0.904. The van der Waals surface area contributed by atoms with Crippen molar-refractivity contribution >= 4 is 33.3 Å². The van der Waals surface area contributed by atoms with Gasteiger partial charge in [-0.1, -0.05) is 28.1 Å². The maximum absolute atomic E-state index is 12.2. The molecular formula is C15H16BrN3OS. The van der Waals surface area contributed by atoms with Crippen molar-refractivity contribution in [1.82, 2.24) is 15.2 Å². The van der Waals surface area contributed by atoms with E-state index in [9.17, 15) is 4.79 Å². The summed E-state index contributed by atoms with van der Waals surface area (Å²) in [5.74, 6) is 0. The van der Waals surface area contributed by atoms with E-state index in [2.05, 4.69) is 45.3 Å². The Bertz CT molecular complexity index is 657. The van der Waals surface area contributed by atoms with Crippen LogP contribution in [-0.4, -0.2) is 22.5 Å². The molecule has 110 valence electrons. The Morgan fingerprint density at radius 3 is 3.10 bits per heavy atom. The van der Waals surface area contributed by atoms with Gasteiger partial charge in [-0.2, -0.15) is 0 Å². The molecule has 2 heterocycles. The molecule has 3 rings (SSSR count). The lowest BCUT2D eigenvalue weighted by atomic mass is 10.1. The van der Waals surface area contributed by atoms with Gasteiger partial charge in [0.05, 0.1) is 11.2 Å². The van der Waals surface area contributed by atoms with Gasteiger partial charge in [-0.15, -0.1) is 11.3 Å². The van der Waals surface area contributed by atoms with Crippen LogP contribution in [0.2, 0.25) is 0 Å². The topological polar surface area (TPSA) is 45.2 Å². The van der Waals surface area contributed by atoms with Crippen molar-refractivity contribution in [3.05, 3.63) is 49.9 Å². The van der Waals surface area contributed by atoms with Crippen molar-refractivity contribution in [2.24, 2.45) is 0 Å². The minimum absolute atomic E-state index is 0.00835. The summed E-state index contributed by atoms with van der Waals surface area (Å²) in [6, 6.07) is 4.19. The molecule has 1 N–H and O–H groups in total. The number of urea groups is 1. The molecule has 4 nitrogen and oxygen atoms in total. The van der Waals surface area contributed by atoms with E-state index in [1.807, 2.05) is 15.8 Å². The lowest BCUT2D eigenvalue weighted by molar-refractivity contribution is 0.198. The Hall–Kier alpha value is -1.40. The van der Waals surface area contributed by atoms with E-state index >= 15 is 0 Å². The summed E-state index contributed by atoms with van der Waals surface area (Å²) in [7, 11) is 0. The first-order chi connectivity index (χ1) is 10.1. The van der Waals surface area contributed by atoms with Crippen LogP contribution in [0.4, 0.5) is 4.79 Å². The third-order valence-electron chi connectivity index (χ3n) is 3.67. The third kappa shape index (κ3) is 3.11. The summed E-state index contributed by atoms with van der Waals surface area (Å²) in [6.07, 6.45) is 0.777. The lowest BCUT2D eigenvalue weighted by Crippen LogP contribution is -2.37. The van der Waals surface area contributed by atoms with E-state index in [0.29, 0.717) is 19.6 Å². The molecule has 1 aromatic carbocycles. The van der Waals surface area contributed by atoms with E-state index < -0.39 is 0 Å². The molecule has 0 saturated carbocycles. The molecular weight excluding hydrogens is 350 g/mol. The Labute approximate surface area is 136 Å². The van der Waals surface area contributed by atoms with Crippen molar-refractivity contribution < 1.29 is 4.79 Å². The summed E-state index contributed by atoms with van der Waals surface area (Å²) >= 11 is 5.20. The molecule has 2 aromatic rings. The Morgan fingerprint density at radius 2 is 2.33 bits per heavy atom. The maximum atomic E-state index is 12.2. The molecule has 1 aliphatic heterocycles. The molecule has 0 aliphatic carbocycles. The van der Waals surface area contributed by atoms with Crippen LogP contribution in [0.15, 0.2) is 27.5 Å². The number of aromatic nitrogens is 1. The highest BCUT2D eigenvalue weighted by molar-refractivity contribution is 9.10. The second-order valence-electron chi connectivity index (χ2n) is 5.15. The van der Waals surface area contributed by atoms with Gasteiger partial charge in [0.25, 0.3) is 0 Å². The van der Waals surface area contributed by atoms with Gasteiger partial charge in [0.1, 0.15) is 0 Å². The summed E-state index contributed by atoms with van der Waals surface area (Å²) in [6.45, 7) is 4.04. The Balaban J connectivity index is 1.57. The van der Waals surface area contributed by atoms with Gasteiger partial charge in [0.2, 0.25) is 0 Å². The largest absolute Gasteiger partial charge is 0.338 e. The SMILES string of the molecule is Cc1ccc2c(c1Br)CN(C(=O)NCCc1cscn1)C2. The fourth-order valence-corrected chi connectivity index (χ4v) is 3.57. The number of nitrogens with zero attached hydrogens (tertiary/aromatic N) is 2. The zero-order valence-corrected chi connectivity index (χ0v) is 14.1. The molecule has 0 bridgehead atoms. The van der Waals surface area contributed by atoms with Gasteiger partial charge in [-0.25, -0.2) is 9.78 Å². The number of amides is 2. The molecule has 0 radical (unpaired) electrons. The predicted molar refractivity (Wildman–Crippen MR) is 87.3 cm³/mol. The molecule has 2 amide bonds. The summed E-state index contributed by atoms with van der Waals surface area (Å²) in [5.41, 5.74) is 6.50. The van der Waals surface area contributed by atoms with E-state index in [-0.39, 0.29) is 6.03 Å². The molecule has 0 spiro atoms. The zero-order valence-electron chi connectivity index (χ0n) is 11.7. The van der Waals surface area contributed by atoms with E-state index in [1.165, 1.54) is 16.7 Å². The van der Waals surface area contributed by atoms with Crippen LogP contribution in [0.25, 0.3) is 0 Å². The number of rotatable bonds is 3. The number of halogens is 1. The normalized spacial score (nSPS) is 13.3. The van der Waals surface area contributed by atoms with Crippen molar-refractivity contribution in [2.45, 2.75) is 26.4 Å². The van der Waals surface area contributed by atoms with Gasteiger partial charge in [0, 0.05) is 35.9 Å². The number of thiazole rings is 1. The van der Waals surface area contributed by atoms with Crippen LogP contribution in [0.5, 0.6) is 0 Å². The van der Waals surface area contributed by atoms with E-state index in [4.69, 9.17) is 0 Å². The number of aryl methyl sites for hydroxylation is 1. The summed E-state index contributed by atoms with van der Waals surface area (Å²) in [4.78, 5) is 18.3. The van der Waals surface area contributed by atoms with Gasteiger partial charge in [-0.05, 0) is 23.6 Å². The average Bonchev–Trinajstić information content (AvgIpc) is 3.12. The Morgan fingerprint density at radius 1 is 1.48 bits per heavy atom. The van der Waals surface area contributed by atoms with Crippen LogP contribution < -0.4 is 5.32 Å². The number of benzene rings is 1. The predicted octanol–water partition coefficient (Wildman–Crippen LogP) is 3.48. The van der Waals surface area contributed by atoms with Crippen LogP contribution in [0.3, 0.4) is 0 Å². The Kier molecular flexibility index (Phi) is 4.26. The molecule has 0 unspecified atom stereocenters. The molecule has 21 heavy (non-hydrogen) atoms. The first-order valence-corrected chi connectivity index (χ1v) is 8.55. The van der Waals surface area contributed by atoms with E-state index in [1.54, 1.807) is 11.3 Å². The van der Waals surface area contributed by atoms with Crippen LogP contribution in [0, 0.1) is 6.92 Å². The molecule has 0 atom stereocenters. The van der Waals surface area contributed by atoms with Crippen LogP contribution in [0.1, 0.15) is 22.4 Å². The van der Waals surface area contributed by atoms with E-state index in [0.717, 1.165) is 16.6 Å². The van der Waals surface area contributed by atoms with Crippen molar-refractivity contribution in [3.63, 3.8) is 0 Å². The fourth-order valence-electron chi connectivity index (χ4n) is 2.46. The first-order valence-electron chi connectivity index (χ1n) is 6.82. The average molecular weight is 366 g/mol. The molecule has 0 fully saturated rings. The number of carbonyl (C=O) groups is 1. The summed E-state index contributed by atoms with van der Waals surface area (Å²) < 4.78 is 1.12. The number of hydrogen-bond donors (Lipinski definition) is 1. The first kappa shape index (κ1) is 14.5. The van der Waals surface area contributed by atoms with Crippen LogP contribution in [-0.2, 0) is 19.5 Å². The second-order valence-corrected chi connectivity index (χ2v) is 6.66. The molecule has 1 aromatic heterocycles. The highest BCUT2D eigenvalue weighted by atomic mass is 79.9. The van der Waals surface area contributed by atoms with Crippen LogP contribution >= 0.6 is 27.3 Å². The van der Waals surface area contributed by atoms with Gasteiger partial charge in [0.15, 0.2) is 0 Å². The molecule has 1 aliphatic rings. The molecule has 0 saturated heterocycles. The highest BCUT2D eigenvalue weighted by Gasteiger charge is 2.25. The van der Waals surface area contributed by atoms with Crippen molar-refractivity contribution in [2.75, 3.05) is 6.54 Å². The van der Waals surface area contributed by atoms with Gasteiger partial charge < -0.3 is 10.2 Å². The molecule has 6 heteroatoms. The number of fused-ring (bicyclic) bond motifs is 1. The minimum Gasteiger partial charge on any atom is -0.338 e. The number of hydrogen-bond acceptors (Lipinski definition) is 3. The number of carbonyl (C=O) groups excluding carboxylic acids is 1. The lowest BCUT2D eigenvalue weighted by Gasteiger charge is -2.16. The number of nitrogens with one attached hydrogen (secondary N) is 1. The van der Waals surface area contributed by atoms with Gasteiger partial charge >= 0.3 is 6.03 Å².